The van der Waals surface area contributed by atoms with Gasteiger partial charge in [-0.2, -0.15) is 10.2 Å². The first-order valence-corrected chi connectivity index (χ1v) is 19.5. The molecule has 5 rings (SSSR count). The fourth-order valence-electron chi connectivity index (χ4n) is 6.34. The molecule has 5 aromatic rings. The number of pyridine rings is 2. The quantitative estimate of drug-likeness (QED) is 0.0466. The Balaban J connectivity index is 1.27. The first-order valence-electron chi connectivity index (χ1n) is 19.2. The number of methoxy groups -OCH3 is 1. The summed E-state index contributed by atoms with van der Waals surface area (Å²) >= 11 is 6.77. The minimum atomic E-state index is -0.847. The molecule has 0 atom stereocenters. The summed E-state index contributed by atoms with van der Waals surface area (Å²) in [5.74, 6) is 0.170. The van der Waals surface area contributed by atoms with Gasteiger partial charge in [-0.1, -0.05) is 48.0 Å². The van der Waals surface area contributed by atoms with E-state index in [1.807, 2.05) is 30.3 Å². The monoisotopic (exact) mass is 821 g/mol. The predicted molar refractivity (Wildman–Crippen MR) is 223 cm³/mol. The van der Waals surface area contributed by atoms with Gasteiger partial charge in [-0.05, 0) is 91.4 Å². The topological polar surface area (TPSA) is 185 Å². The smallest absolute Gasteiger partial charge is 0.303 e. The van der Waals surface area contributed by atoms with Gasteiger partial charge in [0.1, 0.15) is 37.4 Å². The Morgan fingerprint density at radius 3 is 1.97 bits per heavy atom. The Hall–Kier alpha value is -6.20. The van der Waals surface area contributed by atoms with E-state index in [0.717, 1.165) is 50.1 Å². The van der Waals surface area contributed by atoms with Gasteiger partial charge in [0, 0.05) is 67.1 Å². The highest BCUT2D eigenvalue weighted by Gasteiger charge is 2.16. The molecule has 0 fully saturated rings. The van der Waals surface area contributed by atoms with E-state index in [0.29, 0.717) is 79.5 Å². The van der Waals surface area contributed by atoms with Crippen LogP contribution in [0.3, 0.4) is 0 Å². The van der Waals surface area contributed by atoms with Crippen LogP contribution < -0.4 is 29.6 Å². The fraction of sp³-hybridized carbons (Fsp3) is 0.311. The SMILES string of the molecule is COc1nc(OCc2cccc(-c3cccc(COc4cc(OCc5cncc(C#N)c5)c(CNCCCC(=O)O)cc4Cl)c3C)c2C)ccc1CNCCCC(=O)O. The van der Waals surface area contributed by atoms with E-state index in [-0.39, 0.29) is 26.1 Å². The zero-order chi connectivity index (χ0) is 42.1. The largest absolute Gasteiger partial charge is 0.488 e. The molecule has 2 aromatic heterocycles. The molecule has 308 valence electrons. The van der Waals surface area contributed by atoms with Crippen LogP contribution in [-0.2, 0) is 42.5 Å². The average Bonchev–Trinajstić information content (AvgIpc) is 3.23. The lowest BCUT2D eigenvalue weighted by atomic mass is 9.92. The van der Waals surface area contributed by atoms with E-state index < -0.39 is 11.9 Å². The van der Waals surface area contributed by atoms with Crippen LogP contribution in [0.25, 0.3) is 11.1 Å². The summed E-state index contributed by atoms with van der Waals surface area (Å²) in [7, 11) is 1.55. The van der Waals surface area contributed by atoms with Crippen molar-refractivity contribution in [3.8, 4) is 40.5 Å². The summed E-state index contributed by atoms with van der Waals surface area (Å²) in [6, 6.07) is 23.3. The van der Waals surface area contributed by atoms with Crippen molar-refractivity contribution in [2.75, 3.05) is 20.2 Å². The molecule has 0 aliphatic rings. The molecule has 14 heteroatoms. The molecule has 0 spiro atoms. The number of nitrogens with zero attached hydrogens (tertiary/aromatic N) is 3. The number of hydrogen-bond donors (Lipinski definition) is 4. The molecule has 0 aliphatic heterocycles. The third-order valence-corrected chi connectivity index (χ3v) is 9.90. The molecule has 0 aliphatic carbocycles. The minimum Gasteiger partial charge on any atom is -0.488 e. The van der Waals surface area contributed by atoms with Crippen molar-refractivity contribution in [3.63, 3.8) is 0 Å². The lowest BCUT2D eigenvalue weighted by Crippen LogP contribution is -2.16. The Labute approximate surface area is 348 Å². The Morgan fingerprint density at radius 1 is 0.746 bits per heavy atom. The summed E-state index contributed by atoms with van der Waals surface area (Å²) in [5.41, 5.74) is 8.96. The third kappa shape index (κ3) is 12.9. The molecule has 4 N–H and O–H groups in total. The Morgan fingerprint density at radius 2 is 1.36 bits per heavy atom. The van der Waals surface area contributed by atoms with Gasteiger partial charge in [0.2, 0.25) is 11.8 Å². The highest BCUT2D eigenvalue weighted by molar-refractivity contribution is 6.32. The van der Waals surface area contributed by atoms with E-state index in [4.69, 9.17) is 40.8 Å². The Bertz CT molecular complexity index is 2280. The van der Waals surface area contributed by atoms with E-state index in [2.05, 4.69) is 52.7 Å². The van der Waals surface area contributed by atoms with Crippen LogP contribution >= 0.6 is 11.6 Å². The number of carboxylic acids is 2. The van der Waals surface area contributed by atoms with Crippen molar-refractivity contribution in [1.82, 2.24) is 20.6 Å². The van der Waals surface area contributed by atoms with Crippen LogP contribution in [0.5, 0.6) is 23.3 Å². The number of benzene rings is 3. The molecule has 0 saturated heterocycles. The summed E-state index contributed by atoms with van der Waals surface area (Å²) in [6.45, 7) is 6.78. The molecular formula is C45H48ClN5O8. The molecule has 0 radical (unpaired) electrons. The van der Waals surface area contributed by atoms with Crippen molar-refractivity contribution in [1.29, 1.82) is 5.26 Å². The number of nitrogens with one attached hydrogen (secondary N) is 2. The van der Waals surface area contributed by atoms with Gasteiger partial charge in [-0.15, -0.1) is 0 Å². The standard InChI is InChI=1S/C45H48ClN5O8/c1-29-34(27-58-41-20-40(57-26-32-18-31(21-47)22-50-23-32)36(19-39(41)46)25-49-17-7-13-44(54)55)8-4-10-37(29)38-11-5-9-35(30(38)2)28-59-42-15-14-33(45(51-42)56-3)24-48-16-6-12-43(52)53/h4-5,8-11,14-15,18-20,22-23,48-49H,6-7,12-13,16-17,24-28H2,1-3H3,(H,52,53)(H,54,55). The molecule has 0 saturated carbocycles. The van der Waals surface area contributed by atoms with Gasteiger partial charge in [-0.3, -0.25) is 14.6 Å². The van der Waals surface area contributed by atoms with Crippen LogP contribution in [0, 0.1) is 25.2 Å². The maximum absolute atomic E-state index is 11.0. The lowest BCUT2D eigenvalue weighted by molar-refractivity contribution is -0.138. The maximum Gasteiger partial charge on any atom is 0.303 e. The molecular weight excluding hydrogens is 774 g/mol. The number of aromatic nitrogens is 2. The number of aliphatic carboxylic acids is 2. The van der Waals surface area contributed by atoms with Gasteiger partial charge in [0.25, 0.3) is 0 Å². The molecule has 59 heavy (non-hydrogen) atoms. The molecule has 3 aromatic carbocycles. The molecule has 0 amide bonds. The number of halogens is 1. The highest BCUT2D eigenvalue weighted by atomic mass is 35.5. The molecule has 2 heterocycles. The van der Waals surface area contributed by atoms with Gasteiger partial charge in [0.15, 0.2) is 0 Å². The van der Waals surface area contributed by atoms with Gasteiger partial charge in [0.05, 0.1) is 17.7 Å². The summed E-state index contributed by atoms with van der Waals surface area (Å²) in [5, 5.41) is 34.0. The van der Waals surface area contributed by atoms with Crippen molar-refractivity contribution in [3.05, 3.63) is 129 Å². The number of hydrogen-bond acceptors (Lipinski definition) is 11. The van der Waals surface area contributed by atoms with Crippen LogP contribution in [0.4, 0.5) is 0 Å². The predicted octanol–water partition coefficient (Wildman–Crippen LogP) is 7.94. The van der Waals surface area contributed by atoms with E-state index in [1.54, 1.807) is 37.6 Å². The summed E-state index contributed by atoms with van der Waals surface area (Å²) in [6.07, 6.45) is 4.31. The van der Waals surface area contributed by atoms with E-state index in [9.17, 15) is 14.9 Å². The van der Waals surface area contributed by atoms with Crippen molar-refractivity contribution in [2.45, 2.75) is 72.4 Å². The van der Waals surface area contributed by atoms with Gasteiger partial charge < -0.3 is 39.8 Å². The van der Waals surface area contributed by atoms with Crippen LogP contribution in [0.15, 0.2) is 79.1 Å². The van der Waals surface area contributed by atoms with E-state index in [1.165, 1.54) is 6.20 Å². The fourth-order valence-corrected chi connectivity index (χ4v) is 6.58. The number of ether oxygens (including phenoxy) is 4. The van der Waals surface area contributed by atoms with Crippen LogP contribution in [0.1, 0.15) is 70.2 Å². The minimum absolute atomic E-state index is 0.0652. The van der Waals surface area contributed by atoms with Crippen molar-refractivity contribution >= 4 is 23.5 Å². The zero-order valence-corrected chi connectivity index (χ0v) is 34.1. The second-order valence-corrected chi connectivity index (χ2v) is 14.2. The highest BCUT2D eigenvalue weighted by Crippen LogP contribution is 2.36. The van der Waals surface area contributed by atoms with E-state index >= 15 is 0 Å². The summed E-state index contributed by atoms with van der Waals surface area (Å²) < 4.78 is 24.2. The first kappa shape index (κ1) is 43.9. The lowest BCUT2D eigenvalue weighted by Gasteiger charge is -2.18. The normalized spacial score (nSPS) is 10.8. The van der Waals surface area contributed by atoms with Crippen LogP contribution in [-0.4, -0.2) is 52.3 Å². The van der Waals surface area contributed by atoms with Crippen LogP contribution in [0.2, 0.25) is 5.02 Å². The number of carboxylic acid groups (broad SMARTS) is 2. The van der Waals surface area contributed by atoms with Gasteiger partial charge >= 0.3 is 11.9 Å². The zero-order valence-electron chi connectivity index (χ0n) is 33.3. The maximum atomic E-state index is 11.0. The third-order valence-electron chi connectivity index (χ3n) is 9.60. The number of carbonyl (C=O) groups is 2. The molecule has 13 nitrogen and oxygen atoms in total. The summed E-state index contributed by atoms with van der Waals surface area (Å²) in [4.78, 5) is 30.4. The van der Waals surface area contributed by atoms with Gasteiger partial charge in [-0.25, -0.2) is 0 Å². The second kappa shape index (κ2) is 22.1. The molecule has 0 unspecified atom stereocenters. The number of nitriles is 1. The molecule has 0 bridgehead atoms. The Kier molecular flexibility index (Phi) is 16.4. The second-order valence-electron chi connectivity index (χ2n) is 13.8. The number of rotatable bonds is 23. The average molecular weight is 822 g/mol. The van der Waals surface area contributed by atoms with Crippen molar-refractivity contribution in [2.24, 2.45) is 0 Å². The first-order chi connectivity index (χ1) is 28.6. The van der Waals surface area contributed by atoms with Crippen molar-refractivity contribution < 1.29 is 38.7 Å².